The highest BCUT2D eigenvalue weighted by atomic mass is 16.5. The topological polar surface area (TPSA) is 95.7 Å². The monoisotopic (exact) mass is 274 g/mol. The van der Waals surface area contributed by atoms with Crippen LogP contribution in [-0.2, 0) is 13.0 Å². The fraction of sp³-hybridized carbons (Fsp3) is 0.417. The van der Waals surface area contributed by atoms with Crippen LogP contribution in [0.3, 0.4) is 0 Å². The van der Waals surface area contributed by atoms with Crippen LogP contribution in [0.1, 0.15) is 34.8 Å². The largest absolute Gasteiger partial charge is 0.340 e. The Labute approximate surface area is 114 Å². The summed E-state index contributed by atoms with van der Waals surface area (Å²) in [7, 11) is 0. The Morgan fingerprint density at radius 3 is 2.45 bits per heavy atom. The second-order valence-electron chi connectivity index (χ2n) is 4.60. The van der Waals surface area contributed by atoms with Crippen LogP contribution >= 0.6 is 0 Å². The molecule has 0 aromatic carbocycles. The Morgan fingerprint density at radius 1 is 1.05 bits per heavy atom. The molecule has 0 aliphatic rings. The molecular formula is C12H14N6O2. The van der Waals surface area contributed by atoms with Gasteiger partial charge in [0.25, 0.3) is 0 Å². The van der Waals surface area contributed by atoms with Gasteiger partial charge in [-0.15, -0.1) is 0 Å². The van der Waals surface area contributed by atoms with Crippen LogP contribution in [0.5, 0.6) is 0 Å². The molecule has 0 saturated carbocycles. The van der Waals surface area contributed by atoms with E-state index in [0.717, 1.165) is 11.4 Å². The predicted octanol–water partition coefficient (Wildman–Crippen LogP) is 1.21. The Balaban J connectivity index is 1.72. The molecule has 0 N–H and O–H groups in total. The van der Waals surface area contributed by atoms with Gasteiger partial charge in [0.15, 0.2) is 11.6 Å². The minimum atomic E-state index is 0.387. The second-order valence-corrected chi connectivity index (χ2v) is 4.60. The summed E-state index contributed by atoms with van der Waals surface area (Å²) in [6.45, 7) is 6.12. The van der Waals surface area contributed by atoms with Gasteiger partial charge in [0.05, 0.1) is 12.1 Å². The minimum Gasteiger partial charge on any atom is -0.340 e. The van der Waals surface area contributed by atoms with E-state index < -0.39 is 0 Å². The summed E-state index contributed by atoms with van der Waals surface area (Å²) in [6, 6.07) is 2.00. The van der Waals surface area contributed by atoms with Gasteiger partial charge in [-0.05, 0) is 19.9 Å². The quantitative estimate of drug-likeness (QED) is 0.705. The maximum Gasteiger partial charge on any atom is 0.248 e. The molecule has 0 aliphatic carbocycles. The van der Waals surface area contributed by atoms with Gasteiger partial charge in [0, 0.05) is 12.6 Å². The van der Waals surface area contributed by atoms with E-state index in [1.54, 1.807) is 6.92 Å². The van der Waals surface area contributed by atoms with Gasteiger partial charge >= 0.3 is 0 Å². The molecule has 0 unspecified atom stereocenters. The van der Waals surface area contributed by atoms with Crippen molar-refractivity contribution in [2.24, 2.45) is 0 Å². The molecular weight excluding hydrogens is 260 g/mol. The normalized spacial score (nSPS) is 11.2. The molecule has 0 spiro atoms. The van der Waals surface area contributed by atoms with Crippen LogP contribution in [-0.4, -0.2) is 30.1 Å². The molecule has 0 saturated heterocycles. The summed E-state index contributed by atoms with van der Waals surface area (Å²) >= 11 is 0. The Morgan fingerprint density at radius 2 is 1.80 bits per heavy atom. The third-order valence-corrected chi connectivity index (χ3v) is 2.78. The van der Waals surface area contributed by atoms with Crippen molar-refractivity contribution >= 4 is 0 Å². The summed E-state index contributed by atoms with van der Waals surface area (Å²) in [5.41, 5.74) is 2.01. The van der Waals surface area contributed by atoms with Crippen LogP contribution in [0.15, 0.2) is 15.1 Å². The van der Waals surface area contributed by atoms with Crippen LogP contribution in [0.25, 0.3) is 0 Å². The van der Waals surface area contributed by atoms with Gasteiger partial charge in [0.2, 0.25) is 11.8 Å². The number of hydrogen-bond donors (Lipinski definition) is 0. The maximum atomic E-state index is 5.20. The first-order chi connectivity index (χ1) is 9.60. The average molecular weight is 274 g/mol. The minimum absolute atomic E-state index is 0.387. The Hall–Kier alpha value is -2.51. The molecule has 0 aliphatic heterocycles. The van der Waals surface area contributed by atoms with E-state index in [0.29, 0.717) is 36.4 Å². The van der Waals surface area contributed by atoms with Gasteiger partial charge in [-0.3, -0.25) is 4.68 Å². The van der Waals surface area contributed by atoms with Crippen LogP contribution in [0.2, 0.25) is 0 Å². The van der Waals surface area contributed by atoms with Gasteiger partial charge < -0.3 is 9.05 Å². The molecule has 3 aromatic heterocycles. The molecule has 0 atom stereocenters. The van der Waals surface area contributed by atoms with E-state index in [4.69, 9.17) is 9.05 Å². The summed E-state index contributed by atoms with van der Waals surface area (Å²) < 4.78 is 11.9. The number of hydrogen-bond acceptors (Lipinski definition) is 7. The average Bonchev–Trinajstić information content (AvgIpc) is 3.05. The van der Waals surface area contributed by atoms with Crippen LogP contribution in [0.4, 0.5) is 0 Å². The van der Waals surface area contributed by atoms with Crippen molar-refractivity contribution in [3.05, 3.63) is 40.9 Å². The first-order valence-electron chi connectivity index (χ1n) is 6.22. The summed E-state index contributed by atoms with van der Waals surface area (Å²) in [6.07, 6.45) is 0.387. The molecule has 0 radical (unpaired) electrons. The van der Waals surface area contributed by atoms with Crippen molar-refractivity contribution in [1.29, 1.82) is 0 Å². The lowest BCUT2D eigenvalue weighted by Gasteiger charge is -1.98. The second kappa shape index (κ2) is 4.87. The lowest BCUT2D eigenvalue weighted by atomic mass is 10.4. The highest BCUT2D eigenvalue weighted by molar-refractivity contribution is 5.07. The fourth-order valence-corrected chi connectivity index (χ4v) is 1.94. The van der Waals surface area contributed by atoms with Gasteiger partial charge in [-0.2, -0.15) is 15.1 Å². The van der Waals surface area contributed by atoms with Crippen LogP contribution in [0, 0.1) is 20.8 Å². The van der Waals surface area contributed by atoms with Gasteiger partial charge in [-0.1, -0.05) is 10.3 Å². The third-order valence-electron chi connectivity index (χ3n) is 2.78. The molecule has 0 fully saturated rings. The molecule has 8 heteroatoms. The van der Waals surface area contributed by atoms with Crippen molar-refractivity contribution in [3.8, 4) is 0 Å². The lowest BCUT2D eigenvalue weighted by molar-refractivity contribution is 0.359. The molecule has 3 heterocycles. The molecule has 0 bridgehead atoms. The molecule has 104 valence electrons. The van der Waals surface area contributed by atoms with Gasteiger partial charge in [0.1, 0.15) is 6.54 Å². The number of nitrogens with zero attached hydrogens (tertiary/aromatic N) is 6. The lowest BCUT2D eigenvalue weighted by Crippen LogP contribution is -2.04. The molecule has 8 nitrogen and oxygen atoms in total. The highest BCUT2D eigenvalue weighted by Gasteiger charge is 2.12. The number of rotatable bonds is 4. The summed E-state index contributed by atoms with van der Waals surface area (Å²) in [5, 5.41) is 12.1. The summed E-state index contributed by atoms with van der Waals surface area (Å²) in [4.78, 5) is 8.40. The van der Waals surface area contributed by atoms with Gasteiger partial charge in [-0.25, -0.2) is 0 Å². The summed E-state index contributed by atoms with van der Waals surface area (Å²) in [5.74, 6) is 2.10. The zero-order valence-electron chi connectivity index (χ0n) is 11.5. The Kier molecular flexibility index (Phi) is 3.05. The zero-order valence-corrected chi connectivity index (χ0v) is 11.5. The first-order valence-corrected chi connectivity index (χ1v) is 6.22. The van der Waals surface area contributed by atoms with E-state index in [-0.39, 0.29) is 0 Å². The third kappa shape index (κ3) is 2.58. The molecule has 3 rings (SSSR count). The SMILES string of the molecule is Cc1cc(C)n(Cc2nc(Cc3noc(C)n3)no2)n1. The van der Waals surface area contributed by atoms with E-state index in [9.17, 15) is 0 Å². The smallest absolute Gasteiger partial charge is 0.248 e. The van der Waals surface area contributed by atoms with Crippen molar-refractivity contribution in [2.75, 3.05) is 0 Å². The number of aryl methyl sites for hydroxylation is 3. The predicted molar refractivity (Wildman–Crippen MR) is 66.9 cm³/mol. The van der Waals surface area contributed by atoms with Crippen LogP contribution < -0.4 is 0 Å². The van der Waals surface area contributed by atoms with Crippen molar-refractivity contribution in [2.45, 2.75) is 33.7 Å². The molecule has 3 aromatic rings. The standard InChI is InChI=1S/C12H14N6O2/c1-7-4-8(2)18(15-7)6-12-14-11(17-20-12)5-10-13-9(3)19-16-10/h4H,5-6H2,1-3H3. The van der Waals surface area contributed by atoms with Crippen molar-refractivity contribution < 1.29 is 9.05 Å². The maximum absolute atomic E-state index is 5.20. The van der Waals surface area contributed by atoms with E-state index in [2.05, 4.69) is 25.4 Å². The van der Waals surface area contributed by atoms with Crippen molar-refractivity contribution in [1.82, 2.24) is 30.1 Å². The molecule has 0 amide bonds. The van der Waals surface area contributed by atoms with E-state index >= 15 is 0 Å². The highest BCUT2D eigenvalue weighted by Crippen LogP contribution is 2.08. The fourth-order valence-electron chi connectivity index (χ4n) is 1.94. The van der Waals surface area contributed by atoms with E-state index in [1.807, 2.05) is 24.6 Å². The van der Waals surface area contributed by atoms with E-state index in [1.165, 1.54) is 0 Å². The molecule has 20 heavy (non-hydrogen) atoms. The number of aromatic nitrogens is 6. The van der Waals surface area contributed by atoms with Crippen molar-refractivity contribution in [3.63, 3.8) is 0 Å². The Bertz CT molecular complexity index is 726. The zero-order chi connectivity index (χ0) is 14.1. The first kappa shape index (κ1) is 12.5.